The van der Waals surface area contributed by atoms with Gasteiger partial charge in [0.05, 0.1) is 30.1 Å². The molecule has 0 radical (unpaired) electrons. The van der Waals surface area contributed by atoms with E-state index in [9.17, 15) is 9.59 Å². The Morgan fingerprint density at radius 1 is 0.906 bits per heavy atom. The molecule has 6 nitrogen and oxygen atoms in total. The average molecular weight is 429 g/mol. The van der Waals surface area contributed by atoms with Crippen LogP contribution in [0.5, 0.6) is 0 Å². The largest absolute Gasteiger partial charge is 0.467 e. The zero-order chi connectivity index (χ0) is 22.0. The molecule has 32 heavy (non-hydrogen) atoms. The number of hydrogen-bond donors (Lipinski definition) is 0. The van der Waals surface area contributed by atoms with Gasteiger partial charge in [0, 0.05) is 20.1 Å². The van der Waals surface area contributed by atoms with Crippen LogP contribution in [0.4, 0.5) is 0 Å². The molecule has 0 saturated carbocycles. The maximum atomic E-state index is 14.0. The van der Waals surface area contributed by atoms with Crippen molar-refractivity contribution in [1.29, 1.82) is 0 Å². The SMILES string of the molecule is COC(OC)C12c3ccccc3C(c3ccccc31)[C@H]1C(=O)N(Cc3ccco3)C(=O)[C@@H]12. The highest BCUT2D eigenvalue weighted by Crippen LogP contribution is 2.65. The molecule has 1 aromatic heterocycles. The van der Waals surface area contributed by atoms with Gasteiger partial charge in [-0.3, -0.25) is 14.5 Å². The Kier molecular flexibility index (Phi) is 4.19. The van der Waals surface area contributed by atoms with Crippen molar-refractivity contribution in [2.45, 2.75) is 24.2 Å². The van der Waals surface area contributed by atoms with E-state index in [1.807, 2.05) is 36.4 Å². The van der Waals surface area contributed by atoms with Crippen LogP contribution in [0.3, 0.4) is 0 Å². The van der Waals surface area contributed by atoms with Gasteiger partial charge >= 0.3 is 0 Å². The first-order chi connectivity index (χ1) is 15.6. The number of benzene rings is 2. The summed E-state index contributed by atoms with van der Waals surface area (Å²) in [5, 5.41) is 0. The van der Waals surface area contributed by atoms with Crippen molar-refractivity contribution in [2.24, 2.45) is 11.8 Å². The van der Waals surface area contributed by atoms with E-state index in [2.05, 4.69) is 12.1 Å². The molecule has 2 heterocycles. The van der Waals surface area contributed by atoms with Crippen LogP contribution in [-0.4, -0.2) is 37.2 Å². The number of ether oxygens (including phenoxy) is 2. The van der Waals surface area contributed by atoms with Crippen molar-refractivity contribution < 1.29 is 23.5 Å². The molecule has 3 aromatic rings. The number of amides is 2. The lowest BCUT2D eigenvalue weighted by atomic mass is 9.47. The first-order valence-corrected chi connectivity index (χ1v) is 10.8. The molecule has 3 aliphatic carbocycles. The minimum absolute atomic E-state index is 0.123. The van der Waals surface area contributed by atoms with Crippen molar-refractivity contribution in [1.82, 2.24) is 4.90 Å². The number of hydrogen-bond acceptors (Lipinski definition) is 5. The topological polar surface area (TPSA) is 69.0 Å². The monoisotopic (exact) mass is 429 g/mol. The minimum Gasteiger partial charge on any atom is -0.467 e. The molecule has 1 aliphatic heterocycles. The number of carbonyl (C=O) groups excluding carboxylic acids is 2. The number of nitrogens with zero attached hydrogens (tertiary/aromatic N) is 1. The Bertz CT molecular complexity index is 1160. The van der Waals surface area contributed by atoms with Crippen molar-refractivity contribution in [2.75, 3.05) is 14.2 Å². The number of carbonyl (C=O) groups is 2. The van der Waals surface area contributed by atoms with E-state index >= 15 is 0 Å². The molecular weight excluding hydrogens is 406 g/mol. The maximum absolute atomic E-state index is 14.0. The highest BCUT2D eigenvalue weighted by Gasteiger charge is 2.70. The summed E-state index contributed by atoms with van der Waals surface area (Å²) >= 11 is 0. The van der Waals surface area contributed by atoms with Gasteiger partial charge in [-0.15, -0.1) is 0 Å². The Balaban J connectivity index is 1.64. The number of furan rings is 1. The maximum Gasteiger partial charge on any atom is 0.235 e. The van der Waals surface area contributed by atoms with E-state index < -0.39 is 23.5 Å². The summed E-state index contributed by atoms with van der Waals surface area (Å²) in [6.07, 6.45) is 0.815. The van der Waals surface area contributed by atoms with Crippen LogP contribution in [0.25, 0.3) is 0 Å². The molecule has 2 bridgehead atoms. The molecule has 0 unspecified atom stereocenters. The van der Waals surface area contributed by atoms with Gasteiger partial charge < -0.3 is 13.9 Å². The number of methoxy groups -OCH3 is 2. The Hall–Kier alpha value is -3.22. The lowest BCUT2D eigenvalue weighted by Crippen LogP contribution is -2.60. The third-order valence-corrected chi connectivity index (χ3v) is 7.47. The van der Waals surface area contributed by atoms with Crippen molar-refractivity contribution in [3.63, 3.8) is 0 Å². The second-order valence-electron chi connectivity index (χ2n) is 8.67. The van der Waals surface area contributed by atoms with E-state index in [-0.39, 0.29) is 24.3 Å². The summed E-state index contributed by atoms with van der Waals surface area (Å²) < 4.78 is 17.2. The summed E-state index contributed by atoms with van der Waals surface area (Å²) in [5.74, 6) is -1.12. The fourth-order valence-corrected chi connectivity index (χ4v) is 6.47. The molecule has 7 rings (SSSR count). The standard InChI is InChI=1S/C26H23NO5/c1-30-25(31-2)26-18-11-5-3-9-16(18)20(17-10-4-6-12-19(17)26)21-22(26)24(29)27(23(21)28)14-15-8-7-13-32-15/h3-13,20-22,25H,14H2,1-2H3/t20?,21-,22-,26?/m1/s1. The zero-order valence-corrected chi connectivity index (χ0v) is 17.9. The van der Waals surface area contributed by atoms with Crippen molar-refractivity contribution in [3.8, 4) is 0 Å². The van der Waals surface area contributed by atoms with Gasteiger partial charge in [0.2, 0.25) is 11.8 Å². The lowest BCUT2D eigenvalue weighted by Gasteiger charge is -2.56. The second-order valence-corrected chi connectivity index (χ2v) is 8.67. The van der Waals surface area contributed by atoms with E-state index in [0.29, 0.717) is 5.76 Å². The summed E-state index contributed by atoms with van der Waals surface area (Å²) in [6.45, 7) is 0.123. The summed E-state index contributed by atoms with van der Waals surface area (Å²) in [6, 6.07) is 19.7. The van der Waals surface area contributed by atoms with Gasteiger partial charge in [0.25, 0.3) is 0 Å². The van der Waals surface area contributed by atoms with E-state index in [0.717, 1.165) is 22.3 Å². The Labute approximate surface area is 185 Å². The lowest BCUT2D eigenvalue weighted by molar-refractivity contribution is -0.169. The highest BCUT2D eigenvalue weighted by atomic mass is 16.7. The Morgan fingerprint density at radius 2 is 1.53 bits per heavy atom. The molecule has 1 fully saturated rings. The third-order valence-electron chi connectivity index (χ3n) is 7.47. The molecule has 6 heteroatoms. The second kappa shape index (κ2) is 6.89. The third kappa shape index (κ3) is 2.21. The fourth-order valence-electron chi connectivity index (χ4n) is 6.47. The summed E-state index contributed by atoms with van der Waals surface area (Å²) in [7, 11) is 3.18. The van der Waals surface area contributed by atoms with Crippen molar-refractivity contribution in [3.05, 3.63) is 94.9 Å². The van der Waals surface area contributed by atoms with E-state index in [1.165, 1.54) is 4.90 Å². The quantitative estimate of drug-likeness (QED) is 0.459. The van der Waals surface area contributed by atoms with Crippen LogP contribution >= 0.6 is 0 Å². The smallest absolute Gasteiger partial charge is 0.235 e. The number of imide groups is 1. The van der Waals surface area contributed by atoms with Crippen LogP contribution in [0.1, 0.15) is 33.9 Å². The van der Waals surface area contributed by atoms with Crippen LogP contribution in [0.2, 0.25) is 0 Å². The number of rotatable bonds is 5. The molecule has 162 valence electrons. The highest BCUT2D eigenvalue weighted by molar-refractivity contribution is 6.08. The summed E-state index contributed by atoms with van der Waals surface area (Å²) in [5.41, 5.74) is 3.19. The van der Waals surface area contributed by atoms with Gasteiger partial charge in [-0.1, -0.05) is 48.5 Å². The van der Waals surface area contributed by atoms with Crippen LogP contribution in [-0.2, 0) is 31.0 Å². The molecule has 0 N–H and O–H groups in total. The average Bonchev–Trinajstić information content (AvgIpc) is 3.43. The zero-order valence-electron chi connectivity index (χ0n) is 17.9. The van der Waals surface area contributed by atoms with Gasteiger partial charge in [-0.05, 0) is 34.4 Å². The molecular formula is C26H23NO5. The Morgan fingerprint density at radius 3 is 2.09 bits per heavy atom. The van der Waals surface area contributed by atoms with Gasteiger partial charge in [0.15, 0.2) is 6.29 Å². The predicted molar refractivity (Wildman–Crippen MR) is 115 cm³/mol. The normalized spacial score (nSPS) is 27.6. The molecule has 2 aromatic carbocycles. The molecule has 2 amide bonds. The van der Waals surface area contributed by atoms with E-state index in [1.54, 1.807) is 32.6 Å². The fraction of sp³-hybridized carbons (Fsp3) is 0.308. The number of likely N-dealkylation sites (tertiary alicyclic amines) is 1. The minimum atomic E-state index is -0.930. The summed E-state index contributed by atoms with van der Waals surface area (Å²) in [4.78, 5) is 29.1. The predicted octanol–water partition coefficient (Wildman–Crippen LogP) is 3.44. The van der Waals surface area contributed by atoms with Crippen LogP contribution in [0, 0.1) is 11.8 Å². The molecule has 2 atom stereocenters. The molecule has 4 aliphatic rings. The first-order valence-electron chi connectivity index (χ1n) is 10.8. The van der Waals surface area contributed by atoms with Crippen LogP contribution in [0.15, 0.2) is 71.3 Å². The van der Waals surface area contributed by atoms with Gasteiger partial charge in [-0.2, -0.15) is 0 Å². The van der Waals surface area contributed by atoms with Gasteiger partial charge in [0.1, 0.15) is 5.76 Å². The first kappa shape index (κ1) is 19.5. The molecule has 1 saturated heterocycles. The van der Waals surface area contributed by atoms with Crippen LogP contribution < -0.4 is 0 Å². The van der Waals surface area contributed by atoms with Crippen molar-refractivity contribution >= 4 is 11.8 Å². The van der Waals surface area contributed by atoms with E-state index in [4.69, 9.17) is 13.9 Å². The van der Waals surface area contributed by atoms with Gasteiger partial charge in [-0.25, -0.2) is 0 Å². The molecule has 0 spiro atoms.